The molecule has 0 aromatic heterocycles. The van der Waals surface area contributed by atoms with Crippen molar-refractivity contribution >= 4 is 5.97 Å². The van der Waals surface area contributed by atoms with E-state index in [1.165, 1.54) is 0 Å². The van der Waals surface area contributed by atoms with Gasteiger partial charge in [-0.25, -0.2) is 4.79 Å². The smallest absolute Gasteiger partial charge is 0.333 e. The second-order valence-electron chi connectivity index (χ2n) is 3.39. The Hall–Kier alpha value is -1.77. The number of benzene rings is 1. The fourth-order valence-corrected chi connectivity index (χ4v) is 1.12. The van der Waals surface area contributed by atoms with Crippen molar-refractivity contribution in [2.75, 3.05) is 0 Å². The molecule has 0 aliphatic rings. The van der Waals surface area contributed by atoms with Gasteiger partial charge < -0.3 is 10.4 Å². The van der Waals surface area contributed by atoms with E-state index in [0.717, 1.165) is 5.56 Å². The number of carboxylic acid groups (broad SMARTS) is 1. The third-order valence-corrected chi connectivity index (χ3v) is 2.28. The van der Waals surface area contributed by atoms with Gasteiger partial charge in [-0.15, -0.1) is 0 Å². The molecule has 0 heterocycles. The molecule has 0 aliphatic carbocycles. The van der Waals surface area contributed by atoms with Crippen molar-refractivity contribution in [2.24, 2.45) is 0 Å². The Bertz CT molecular complexity index is 368. The van der Waals surface area contributed by atoms with Gasteiger partial charge in [0.15, 0.2) is 0 Å². The quantitative estimate of drug-likeness (QED) is 0.740. The molecule has 15 heavy (non-hydrogen) atoms. The maximum absolute atomic E-state index is 10.7. The van der Waals surface area contributed by atoms with Crippen LogP contribution in [0.4, 0.5) is 0 Å². The van der Waals surface area contributed by atoms with Crippen LogP contribution in [-0.2, 0) is 11.3 Å². The largest absolute Gasteiger partial charge is 0.478 e. The summed E-state index contributed by atoms with van der Waals surface area (Å²) in [4.78, 5) is 10.7. The van der Waals surface area contributed by atoms with Gasteiger partial charge in [-0.1, -0.05) is 30.3 Å². The average molecular weight is 205 g/mol. The molecule has 0 amide bonds. The first-order valence-electron chi connectivity index (χ1n) is 4.80. The van der Waals surface area contributed by atoms with Gasteiger partial charge >= 0.3 is 5.97 Å². The van der Waals surface area contributed by atoms with Crippen LogP contribution in [0, 0.1) is 0 Å². The molecule has 2 N–H and O–H groups in total. The van der Waals surface area contributed by atoms with Crippen LogP contribution in [0.1, 0.15) is 19.4 Å². The minimum Gasteiger partial charge on any atom is -0.478 e. The first-order chi connectivity index (χ1) is 7.11. The zero-order chi connectivity index (χ0) is 11.3. The maximum atomic E-state index is 10.7. The lowest BCUT2D eigenvalue weighted by Crippen LogP contribution is -2.14. The summed E-state index contributed by atoms with van der Waals surface area (Å²) in [5, 5.41) is 11.8. The molecule has 1 rings (SSSR count). The van der Waals surface area contributed by atoms with Gasteiger partial charge in [0, 0.05) is 12.2 Å². The highest BCUT2D eigenvalue weighted by atomic mass is 16.4. The van der Waals surface area contributed by atoms with Crippen LogP contribution in [0.2, 0.25) is 0 Å². The Morgan fingerprint density at radius 3 is 2.40 bits per heavy atom. The van der Waals surface area contributed by atoms with Crippen LogP contribution in [-0.4, -0.2) is 11.1 Å². The van der Waals surface area contributed by atoms with E-state index >= 15 is 0 Å². The van der Waals surface area contributed by atoms with Crippen LogP contribution in [0.3, 0.4) is 0 Å². The molecule has 1 aromatic carbocycles. The Morgan fingerprint density at radius 1 is 1.27 bits per heavy atom. The van der Waals surface area contributed by atoms with Crippen molar-refractivity contribution in [1.82, 2.24) is 5.32 Å². The van der Waals surface area contributed by atoms with Crippen molar-refractivity contribution in [3.05, 3.63) is 47.2 Å². The van der Waals surface area contributed by atoms with Crippen molar-refractivity contribution < 1.29 is 9.90 Å². The highest BCUT2D eigenvalue weighted by Crippen LogP contribution is 2.03. The summed E-state index contributed by atoms with van der Waals surface area (Å²) >= 11 is 0. The molecule has 0 fully saturated rings. The van der Waals surface area contributed by atoms with Crippen molar-refractivity contribution in [1.29, 1.82) is 0 Å². The number of nitrogens with one attached hydrogen (secondary N) is 1. The number of hydrogen-bond donors (Lipinski definition) is 2. The second kappa shape index (κ2) is 5.20. The van der Waals surface area contributed by atoms with Crippen LogP contribution in [0.25, 0.3) is 0 Å². The number of rotatable bonds is 4. The van der Waals surface area contributed by atoms with Gasteiger partial charge in [0.1, 0.15) is 0 Å². The minimum absolute atomic E-state index is 0.353. The zero-order valence-electron chi connectivity index (χ0n) is 8.95. The lowest BCUT2D eigenvalue weighted by Gasteiger charge is -2.08. The fraction of sp³-hybridized carbons (Fsp3) is 0.250. The summed E-state index contributed by atoms with van der Waals surface area (Å²) in [5.41, 5.74) is 2.19. The summed E-state index contributed by atoms with van der Waals surface area (Å²) in [6.45, 7) is 4.01. The van der Waals surface area contributed by atoms with Crippen LogP contribution in [0.15, 0.2) is 41.6 Å². The molecular formula is C12H15NO2. The first-order valence-corrected chi connectivity index (χ1v) is 4.80. The van der Waals surface area contributed by atoms with Gasteiger partial charge in [-0.2, -0.15) is 0 Å². The van der Waals surface area contributed by atoms with Gasteiger partial charge in [0.05, 0.1) is 5.57 Å². The predicted octanol–water partition coefficient (Wildman–Crippen LogP) is 2.15. The molecule has 0 bridgehead atoms. The molecule has 0 saturated carbocycles. The molecule has 0 radical (unpaired) electrons. The van der Waals surface area contributed by atoms with Gasteiger partial charge in [-0.05, 0) is 19.4 Å². The van der Waals surface area contributed by atoms with Crippen LogP contribution >= 0.6 is 0 Å². The fourth-order valence-electron chi connectivity index (χ4n) is 1.12. The Labute approximate surface area is 89.4 Å². The molecular weight excluding hydrogens is 190 g/mol. The number of allylic oxidation sites excluding steroid dienone is 1. The van der Waals surface area contributed by atoms with Crippen molar-refractivity contribution in [3.8, 4) is 0 Å². The monoisotopic (exact) mass is 205 g/mol. The number of carbonyl (C=O) groups is 1. The molecule has 0 aliphatic heterocycles. The summed E-state index contributed by atoms with van der Waals surface area (Å²) in [6, 6.07) is 9.86. The van der Waals surface area contributed by atoms with E-state index in [0.29, 0.717) is 17.8 Å². The standard InChI is InChI=1S/C12H15NO2/c1-9(12(14)15)10(2)13-8-11-6-4-3-5-7-11/h3-7,13H,8H2,1-2H3,(H,14,15)/b10-9+. The zero-order valence-corrected chi connectivity index (χ0v) is 8.95. The summed E-state index contributed by atoms with van der Waals surface area (Å²) in [7, 11) is 0. The number of aliphatic carboxylic acids is 1. The molecule has 80 valence electrons. The molecule has 3 nitrogen and oxygen atoms in total. The topological polar surface area (TPSA) is 49.3 Å². The van der Waals surface area contributed by atoms with E-state index in [2.05, 4.69) is 5.32 Å². The van der Waals surface area contributed by atoms with E-state index < -0.39 is 5.97 Å². The third-order valence-electron chi connectivity index (χ3n) is 2.28. The number of carboxylic acids is 1. The van der Waals surface area contributed by atoms with Crippen molar-refractivity contribution in [3.63, 3.8) is 0 Å². The molecule has 0 spiro atoms. The SMILES string of the molecule is C/C(NCc1ccccc1)=C(/C)C(=O)O. The van der Waals surface area contributed by atoms with Gasteiger partial charge in [0.2, 0.25) is 0 Å². The predicted molar refractivity (Wildman–Crippen MR) is 59.3 cm³/mol. The Kier molecular flexibility index (Phi) is 3.92. The molecule has 0 unspecified atom stereocenters. The highest BCUT2D eigenvalue weighted by Gasteiger charge is 2.04. The molecule has 3 heteroatoms. The average Bonchev–Trinajstić information content (AvgIpc) is 2.26. The normalized spacial score (nSPS) is 11.9. The summed E-state index contributed by atoms with van der Waals surface area (Å²) in [6.07, 6.45) is 0. The molecule has 0 saturated heterocycles. The highest BCUT2D eigenvalue weighted by molar-refractivity contribution is 5.86. The van der Waals surface area contributed by atoms with E-state index in [1.54, 1.807) is 13.8 Å². The van der Waals surface area contributed by atoms with Crippen LogP contribution in [0.5, 0.6) is 0 Å². The van der Waals surface area contributed by atoms with E-state index in [1.807, 2.05) is 30.3 Å². The summed E-state index contributed by atoms with van der Waals surface area (Å²) < 4.78 is 0. The van der Waals surface area contributed by atoms with E-state index in [4.69, 9.17) is 5.11 Å². The van der Waals surface area contributed by atoms with Gasteiger partial charge in [0.25, 0.3) is 0 Å². The second-order valence-corrected chi connectivity index (χ2v) is 3.39. The number of hydrogen-bond acceptors (Lipinski definition) is 2. The van der Waals surface area contributed by atoms with E-state index in [-0.39, 0.29) is 0 Å². The van der Waals surface area contributed by atoms with Gasteiger partial charge in [-0.3, -0.25) is 0 Å². The third kappa shape index (κ3) is 3.46. The lowest BCUT2D eigenvalue weighted by molar-refractivity contribution is -0.132. The Balaban J connectivity index is 2.58. The maximum Gasteiger partial charge on any atom is 0.333 e. The molecule has 1 aromatic rings. The molecule has 0 atom stereocenters. The summed E-state index contributed by atoms with van der Waals surface area (Å²) in [5.74, 6) is -0.881. The van der Waals surface area contributed by atoms with Crippen molar-refractivity contribution in [2.45, 2.75) is 20.4 Å². The first kappa shape index (κ1) is 11.3. The Morgan fingerprint density at radius 2 is 1.87 bits per heavy atom. The van der Waals surface area contributed by atoms with E-state index in [9.17, 15) is 4.79 Å². The van der Waals surface area contributed by atoms with Crippen LogP contribution < -0.4 is 5.32 Å². The minimum atomic E-state index is -0.881. The lowest BCUT2D eigenvalue weighted by atomic mass is 10.2.